The van der Waals surface area contributed by atoms with Gasteiger partial charge in [0, 0.05) is 0 Å². The van der Waals surface area contributed by atoms with Gasteiger partial charge in [0.15, 0.2) is 0 Å². The molecule has 0 atom stereocenters. The lowest BCUT2D eigenvalue weighted by atomic mass is 15.8. The highest BCUT2D eigenvalue weighted by atomic mass is 79.9. The Balaban J connectivity index is -0.0000000800. The van der Waals surface area contributed by atoms with Crippen LogP contribution in [0.2, 0.25) is 0 Å². The molecule has 3 N–H and O–H groups in total. The summed E-state index contributed by atoms with van der Waals surface area (Å²) in [6.07, 6.45) is 0. The molecule has 0 radical (unpaired) electrons. The summed E-state index contributed by atoms with van der Waals surface area (Å²) in [5.74, 6) is 0. The van der Waals surface area contributed by atoms with Crippen molar-refractivity contribution >= 4 is 41.8 Å². The van der Waals surface area contributed by atoms with Crippen molar-refractivity contribution in [3.8, 4) is 0 Å². The minimum atomic E-state index is -4.64. The Morgan fingerprint density at radius 1 is 1.00 bits per heavy atom. The molecule has 0 saturated carbocycles. The quantitative estimate of drug-likeness (QED) is 0.544. The zero-order valence-electron chi connectivity index (χ0n) is 3.01. The molecule has 0 fully saturated rings. The summed E-state index contributed by atoms with van der Waals surface area (Å²) in [7, 11) is -4.64. The topological polar surface area (TPSA) is 77.8 Å². The molecule has 0 bridgehead atoms. The monoisotopic (exact) mass is 258 g/mol. The van der Waals surface area contributed by atoms with Crippen LogP contribution in [0.5, 0.6) is 0 Å². The third-order valence-electron chi connectivity index (χ3n) is 0. The van der Waals surface area contributed by atoms with Gasteiger partial charge >= 0.3 is 7.82 Å². The van der Waals surface area contributed by atoms with Gasteiger partial charge in [0.05, 0.1) is 0 Å². The standard InChI is InChI=1S/2BrH.H3O4P/c;;1-5(2,3)4/h2*1H;(H3,1,2,3,4). The first kappa shape index (κ1) is 15.7. The Hall–Kier alpha value is 1.07. The van der Waals surface area contributed by atoms with E-state index >= 15 is 0 Å². The number of hydrogen-bond acceptors (Lipinski definition) is 1. The van der Waals surface area contributed by atoms with Gasteiger partial charge in [-0.05, 0) is 0 Å². The van der Waals surface area contributed by atoms with E-state index in [2.05, 4.69) is 0 Å². The largest absolute Gasteiger partial charge is 0.466 e. The van der Waals surface area contributed by atoms with E-state index in [0.29, 0.717) is 0 Å². The Bertz CT molecular complexity index is 55.8. The minimum Gasteiger partial charge on any atom is -0.303 e. The normalized spacial score (nSPS) is 8.43. The molecule has 0 rings (SSSR count). The van der Waals surface area contributed by atoms with Crippen LogP contribution in [0.1, 0.15) is 0 Å². The van der Waals surface area contributed by atoms with Gasteiger partial charge < -0.3 is 14.7 Å². The minimum absolute atomic E-state index is 0. The van der Waals surface area contributed by atoms with Gasteiger partial charge in [-0.3, -0.25) is 0 Å². The van der Waals surface area contributed by atoms with Crippen LogP contribution >= 0.6 is 41.8 Å². The fraction of sp³-hybridized carbons (Fsp3) is 0. The van der Waals surface area contributed by atoms with Gasteiger partial charge in [0.25, 0.3) is 0 Å². The molecule has 0 aliphatic carbocycles. The van der Waals surface area contributed by atoms with Gasteiger partial charge in [-0.1, -0.05) is 0 Å². The molecule has 0 saturated heterocycles. The predicted molar refractivity (Wildman–Crippen MR) is 34.9 cm³/mol. The molecule has 0 aromatic carbocycles. The van der Waals surface area contributed by atoms with Gasteiger partial charge in [-0.25, -0.2) is 4.57 Å². The lowest BCUT2D eigenvalue weighted by molar-refractivity contribution is 0.275. The molecular weight excluding hydrogens is 255 g/mol. The summed E-state index contributed by atoms with van der Waals surface area (Å²) in [6, 6.07) is 0. The van der Waals surface area contributed by atoms with Crippen LogP contribution in [0.25, 0.3) is 0 Å². The highest BCUT2D eigenvalue weighted by Gasteiger charge is 2.00. The van der Waals surface area contributed by atoms with E-state index < -0.39 is 7.82 Å². The SMILES string of the molecule is Br.Br.O=P(O)(O)O. The van der Waals surface area contributed by atoms with Crippen LogP contribution in [0.15, 0.2) is 0 Å². The molecule has 48 valence electrons. The van der Waals surface area contributed by atoms with Crippen molar-refractivity contribution < 1.29 is 19.2 Å². The second kappa shape index (κ2) is 5.21. The van der Waals surface area contributed by atoms with Crippen LogP contribution in [-0.2, 0) is 4.57 Å². The average molecular weight is 260 g/mol. The second-order valence-electron chi connectivity index (χ2n) is 0.513. The van der Waals surface area contributed by atoms with E-state index in [1.54, 1.807) is 0 Å². The first-order chi connectivity index (χ1) is 2.00. The third kappa shape index (κ3) is 159. The Morgan fingerprint density at radius 3 is 1.00 bits per heavy atom. The first-order valence-corrected chi connectivity index (χ1v) is 2.35. The van der Waals surface area contributed by atoms with Gasteiger partial charge in [-0.2, -0.15) is 0 Å². The molecule has 0 aliphatic rings. The highest BCUT2D eigenvalue weighted by molar-refractivity contribution is 8.93. The maximum absolute atomic E-state index is 8.88. The molecule has 0 amide bonds. The predicted octanol–water partition coefficient (Wildman–Crippen LogP) is 0.227. The summed E-state index contributed by atoms with van der Waals surface area (Å²) in [6.45, 7) is 0. The molecule has 0 spiro atoms. The first-order valence-electron chi connectivity index (χ1n) is 0.783. The van der Waals surface area contributed by atoms with Gasteiger partial charge in [-0.15, -0.1) is 34.0 Å². The van der Waals surface area contributed by atoms with E-state index in [-0.39, 0.29) is 34.0 Å². The van der Waals surface area contributed by atoms with Gasteiger partial charge in [0.2, 0.25) is 0 Å². The molecule has 0 aromatic heterocycles. The fourth-order valence-electron chi connectivity index (χ4n) is 0. The molecule has 0 unspecified atom stereocenters. The Morgan fingerprint density at radius 2 is 1.00 bits per heavy atom. The summed E-state index contributed by atoms with van der Waals surface area (Å²) in [5, 5.41) is 0. The maximum Gasteiger partial charge on any atom is 0.466 e. The lowest BCUT2D eigenvalue weighted by Gasteiger charge is -1.82. The summed E-state index contributed by atoms with van der Waals surface area (Å²) >= 11 is 0. The van der Waals surface area contributed by atoms with Crippen molar-refractivity contribution in [2.75, 3.05) is 0 Å². The van der Waals surface area contributed by atoms with E-state index in [9.17, 15) is 0 Å². The number of halogens is 2. The van der Waals surface area contributed by atoms with Crippen molar-refractivity contribution in [1.29, 1.82) is 0 Å². The molecule has 0 aromatic rings. The third-order valence-corrected chi connectivity index (χ3v) is 0. The van der Waals surface area contributed by atoms with Crippen LogP contribution in [0, 0.1) is 0 Å². The Labute approximate surface area is 61.3 Å². The summed E-state index contributed by atoms with van der Waals surface area (Å²) < 4.78 is 8.88. The van der Waals surface area contributed by atoms with E-state index in [4.69, 9.17) is 19.2 Å². The van der Waals surface area contributed by atoms with Crippen LogP contribution in [-0.4, -0.2) is 14.7 Å². The molecule has 0 aliphatic heterocycles. The highest BCUT2D eigenvalue weighted by Crippen LogP contribution is 2.25. The van der Waals surface area contributed by atoms with Crippen LogP contribution in [0.3, 0.4) is 0 Å². The van der Waals surface area contributed by atoms with E-state index in [1.807, 2.05) is 0 Å². The maximum atomic E-state index is 8.88. The van der Waals surface area contributed by atoms with Crippen LogP contribution in [0.4, 0.5) is 0 Å². The zero-order chi connectivity index (χ0) is 4.50. The Kier molecular flexibility index (Phi) is 11.7. The van der Waals surface area contributed by atoms with Crippen LogP contribution < -0.4 is 0 Å². The average Bonchev–Trinajstić information content (AvgIpc) is 0.722. The van der Waals surface area contributed by atoms with Crippen molar-refractivity contribution in [3.63, 3.8) is 0 Å². The summed E-state index contributed by atoms with van der Waals surface area (Å²) in [4.78, 5) is 21.6. The van der Waals surface area contributed by atoms with Crippen molar-refractivity contribution in [1.82, 2.24) is 0 Å². The molecular formula is H5Br2O4P. The molecule has 4 nitrogen and oxygen atoms in total. The van der Waals surface area contributed by atoms with E-state index in [1.165, 1.54) is 0 Å². The van der Waals surface area contributed by atoms with Gasteiger partial charge in [0.1, 0.15) is 0 Å². The number of rotatable bonds is 0. The lowest BCUT2D eigenvalue weighted by Crippen LogP contribution is -1.66. The van der Waals surface area contributed by atoms with Crippen molar-refractivity contribution in [2.24, 2.45) is 0 Å². The number of hydrogen-bond donors (Lipinski definition) is 3. The zero-order valence-corrected chi connectivity index (χ0v) is 7.33. The fourth-order valence-corrected chi connectivity index (χ4v) is 0. The summed E-state index contributed by atoms with van der Waals surface area (Å²) in [5.41, 5.74) is 0. The van der Waals surface area contributed by atoms with E-state index in [0.717, 1.165) is 0 Å². The van der Waals surface area contributed by atoms with Crippen molar-refractivity contribution in [3.05, 3.63) is 0 Å². The number of phosphoric acid groups is 1. The smallest absolute Gasteiger partial charge is 0.303 e. The van der Waals surface area contributed by atoms with Crippen molar-refractivity contribution in [2.45, 2.75) is 0 Å². The molecule has 0 heterocycles. The second-order valence-corrected chi connectivity index (χ2v) is 1.54. The molecule has 7 heavy (non-hydrogen) atoms. The molecule has 7 heteroatoms.